The molecule has 156 valence electrons. The van der Waals surface area contributed by atoms with Crippen LogP contribution >= 0.6 is 0 Å². The molecule has 7 nitrogen and oxygen atoms in total. The number of nitrogens with zero attached hydrogens (tertiary/aromatic N) is 1. The van der Waals surface area contributed by atoms with E-state index in [1.54, 1.807) is 30.3 Å². The Hall–Kier alpha value is -3.62. The highest BCUT2D eigenvalue weighted by atomic mass is 32.2. The van der Waals surface area contributed by atoms with Crippen molar-refractivity contribution in [2.24, 2.45) is 0 Å². The van der Waals surface area contributed by atoms with Crippen molar-refractivity contribution in [3.05, 3.63) is 95.6 Å². The minimum absolute atomic E-state index is 0.0167. The molecule has 1 unspecified atom stereocenters. The van der Waals surface area contributed by atoms with Gasteiger partial charge in [-0.05, 0) is 36.4 Å². The Morgan fingerprint density at radius 3 is 2.26 bits per heavy atom. The zero-order valence-corrected chi connectivity index (χ0v) is 17.3. The molecule has 0 fully saturated rings. The average molecular weight is 434 g/mol. The lowest BCUT2D eigenvalue weighted by atomic mass is 9.95. The SMILES string of the molecule is CN1C(C(=O)c2cccc(C(=O)Nc3ccccc3)c2)C(=O)c2ccccc2S1(=O)=O. The minimum Gasteiger partial charge on any atom is -0.322 e. The Morgan fingerprint density at radius 1 is 0.871 bits per heavy atom. The largest absolute Gasteiger partial charge is 0.322 e. The molecule has 8 heteroatoms. The van der Waals surface area contributed by atoms with E-state index in [-0.39, 0.29) is 21.6 Å². The van der Waals surface area contributed by atoms with E-state index in [4.69, 9.17) is 0 Å². The van der Waals surface area contributed by atoms with Crippen LogP contribution in [0.2, 0.25) is 0 Å². The lowest BCUT2D eigenvalue weighted by Gasteiger charge is -2.31. The quantitative estimate of drug-likeness (QED) is 0.503. The molecule has 1 heterocycles. The normalized spacial score (nSPS) is 17.6. The standard InChI is InChI=1S/C23H18N2O5S/c1-25-20(22(27)18-12-5-6-13-19(18)31(25,29)30)21(26)15-8-7-9-16(14-15)23(28)24-17-10-3-2-4-11-17/h2-14,20H,1H3,(H,24,28). The summed E-state index contributed by atoms with van der Waals surface area (Å²) >= 11 is 0. The average Bonchev–Trinajstić information content (AvgIpc) is 2.79. The number of likely N-dealkylation sites (N-methyl/N-ethyl adjacent to an activating group) is 1. The van der Waals surface area contributed by atoms with Crippen molar-refractivity contribution in [1.82, 2.24) is 4.31 Å². The first-order valence-electron chi connectivity index (χ1n) is 9.42. The van der Waals surface area contributed by atoms with E-state index in [0.717, 1.165) is 4.31 Å². The van der Waals surface area contributed by atoms with Gasteiger partial charge >= 0.3 is 0 Å². The molecule has 1 N–H and O–H groups in total. The number of rotatable bonds is 4. The first-order chi connectivity index (χ1) is 14.8. The number of hydrogen-bond donors (Lipinski definition) is 1. The molecular formula is C23H18N2O5S. The van der Waals surface area contributed by atoms with Gasteiger partial charge in [0.15, 0.2) is 17.6 Å². The molecular weight excluding hydrogens is 416 g/mol. The Kier molecular flexibility index (Phi) is 5.26. The number of fused-ring (bicyclic) bond motifs is 1. The fourth-order valence-electron chi connectivity index (χ4n) is 3.48. The Balaban J connectivity index is 1.67. The topological polar surface area (TPSA) is 101 Å². The molecule has 1 aliphatic rings. The highest BCUT2D eigenvalue weighted by molar-refractivity contribution is 7.89. The second-order valence-corrected chi connectivity index (χ2v) is 9.02. The van der Waals surface area contributed by atoms with Gasteiger partial charge in [0.1, 0.15) is 0 Å². The van der Waals surface area contributed by atoms with Gasteiger partial charge in [0.2, 0.25) is 10.0 Å². The number of hydrogen-bond acceptors (Lipinski definition) is 5. The van der Waals surface area contributed by atoms with Crippen LogP contribution in [0, 0.1) is 0 Å². The molecule has 4 rings (SSSR count). The number of carbonyl (C=O) groups excluding carboxylic acids is 3. The summed E-state index contributed by atoms with van der Waals surface area (Å²) in [7, 11) is -2.80. The molecule has 1 amide bonds. The predicted octanol–water partition coefficient (Wildman–Crippen LogP) is 3.01. The van der Waals surface area contributed by atoms with Gasteiger partial charge in [0.25, 0.3) is 5.91 Å². The second kappa shape index (κ2) is 7.90. The van der Waals surface area contributed by atoms with Crippen LogP contribution in [0.15, 0.2) is 83.8 Å². The number of carbonyl (C=O) groups is 3. The fraction of sp³-hybridized carbons (Fsp3) is 0.0870. The van der Waals surface area contributed by atoms with Crippen molar-refractivity contribution < 1.29 is 22.8 Å². The summed E-state index contributed by atoms with van der Waals surface area (Å²) in [5.41, 5.74) is 0.857. The van der Waals surface area contributed by atoms with Crippen molar-refractivity contribution in [3.8, 4) is 0 Å². The van der Waals surface area contributed by atoms with Gasteiger partial charge in [-0.3, -0.25) is 14.4 Å². The molecule has 1 aliphatic heterocycles. The number of Topliss-reactive ketones (excluding diaryl/α,β-unsaturated/α-hetero) is 2. The van der Waals surface area contributed by atoms with Gasteiger partial charge in [-0.15, -0.1) is 0 Å². The van der Waals surface area contributed by atoms with Gasteiger partial charge in [0.05, 0.1) is 4.90 Å². The highest BCUT2D eigenvalue weighted by Gasteiger charge is 2.45. The number of para-hydroxylation sites is 1. The Labute approximate surface area is 179 Å². The van der Waals surface area contributed by atoms with E-state index in [1.807, 2.05) is 6.07 Å². The summed E-state index contributed by atoms with van der Waals surface area (Å²) in [6, 6.07) is 19.0. The van der Waals surface area contributed by atoms with Crippen molar-refractivity contribution in [2.45, 2.75) is 10.9 Å². The summed E-state index contributed by atoms with van der Waals surface area (Å²) in [5, 5.41) is 2.72. The summed E-state index contributed by atoms with van der Waals surface area (Å²) in [4.78, 5) is 38.6. The van der Waals surface area contributed by atoms with Crippen LogP contribution in [0.1, 0.15) is 31.1 Å². The van der Waals surface area contributed by atoms with Gasteiger partial charge < -0.3 is 5.32 Å². The number of ketones is 2. The van der Waals surface area contributed by atoms with Crippen LogP contribution in [0.5, 0.6) is 0 Å². The summed E-state index contributed by atoms with van der Waals surface area (Å²) in [6.07, 6.45) is 0. The van der Waals surface area contributed by atoms with Crippen LogP contribution < -0.4 is 5.32 Å². The monoisotopic (exact) mass is 434 g/mol. The molecule has 0 bridgehead atoms. The summed E-state index contributed by atoms with van der Waals surface area (Å²) in [5.74, 6) is -1.72. The first-order valence-corrected chi connectivity index (χ1v) is 10.9. The lowest BCUT2D eigenvalue weighted by Crippen LogP contribution is -2.51. The highest BCUT2D eigenvalue weighted by Crippen LogP contribution is 2.30. The van der Waals surface area contributed by atoms with Crippen LogP contribution in [0.3, 0.4) is 0 Å². The van der Waals surface area contributed by atoms with Gasteiger partial charge in [0, 0.05) is 29.4 Å². The molecule has 0 radical (unpaired) electrons. The Morgan fingerprint density at radius 2 is 1.52 bits per heavy atom. The molecule has 3 aromatic rings. The van der Waals surface area contributed by atoms with E-state index in [0.29, 0.717) is 5.69 Å². The fourth-order valence-corrected chi connectivity index (χ4v) is 4.96. The molecule has 0 saturated heterocycles. The maximum absolute atomic E-state index is 13.2. The van der Waals surface area contributed by atoms with Crippen LogP contribution in [-0.2, 0) is 10.0 Å². The van der Waals surface area contributed by atoms with E-state index in [9.17, 15) is 22.8 Å². The zero-order chi connectivity index (χ0) is 22.2. The van der Waals surface area contributed by atoms with E-state index >= 15 is 0 Å². The third-order valence-electron chi connectivity index (χ3n) is 5.11. The predicted molar refractivity (Wildman–Crippen MR) is 115 cm³/mol. The van der Waals surface area contributed by atoms with E-state index < -0.39 is 33.5 Å². The number of anilines is 1. The smallest absolute Gasteiger partial charge is 0.255 e. The minimum atomic E-state index is -4.01. The van der Waals surface area contributed by atoms with Crippen LogP contribution in [-0.4, -0.2) is 43.3 Å². The molecule has 31 heavy (non-hydrogen) atoms. The zero-order valence-electron chi connectivity index (χ0n) is 16.5. The Bertz CT molecular complexity index is 1300. The molecule has 1 atom stereocenters. The van der Waals surface area contributed by atoms with Crippen molar-refractivity contribution >= 4 is 33.2 Å². The van der Waals surface area contributed by atoms with Gasteiger partial charge in [-0.2, -0.15) is 4.31 Å². The molecule has 0 aliphatic carbocycles. The van der Waals surface area contributed by atoms with Crippen molar-refractivity contribution in [3.63, 3.8) is 0 Å². The third kappa shape index (κ3) is 3.67. The molecule has 3 aromatic carbocycles. The molecule has 0 spiro atoms. The summed E-state index contributed by atoms with van der Waals surface area (Å²) < 4.78 is 26.5. The van der Waals surface area contributed by atoms with E-state index in [1.165, 1.54) is 49.5 Å². The number of sulfonamides is 1. The summed E-state index contributed by atoms with van der Waals surface area (Å²) in [6.45, 7) is 0. The maximum atomic E-state index is 13.2. The van der Waals surface area contributed by atoms with E-state index in [2.05, 4.69) is 5.32 Å². The van der Waals surface area contributed by atoms with Crippen molar-refractivity contribution in [1.29, 1.82) is 0 Å². The third-order valence-corrected chi connectivity index (χ3v) is 6.99. The number of nitrogens with one attached hydrogen (secondary N) is 1. The van der Waals surface area contributed by atoms with Crippen molar-refractivity contribution in [2.75, 3.05) is 12.4 Å². The molecule has 0 aromatic heterocycles. The second-order valence-electron chi connectivity index (χ2n) is 7.05. The first kappa shape index (κ1) is 20.6. The maximum Gasteiger partial charge on any atom is 0.255 e. The van der Waals surface area contributed by atoms with Gasteiger partial charge in [-0.25, -0.2) is 8.42 Å². The molecule has 0 saturated carbocycles. The number of amides is 1. The number of benzene rings is 3. The van der Waals surface area contributed by atoms with Gasteiger partial charge in [-0.1, -0.05) is 42.5 Å². The van der Waals surface area contributed by atoms with Crippen LogP contribution in [0.25, 0.3) is 0 Å². The lowest BCUT2D eigenvalue weighted by molar-refractivity contribution is 0.0784. The van der Waals surface area contributed by atoms with Crippen LogP contribution in [0.4, 0.5) is 5.69 Å².